The predicted octanol–water partition coefficient (Wildman–Crippen LogP) is 0. The molecule has 42 valence electrons. The van der Waals surface area contributed by atoms with Crippen molar-refractivity contribution >= 4 is 0 Å². The van der Waals surface area contributed by atoms with Crippen molar-refractivity contribution in [3.63, 3.8) is 0 Å². The van der Waals surface area contributed by atoms with Gasteiger partial charge in [-0.25, -0.2) is 0 Å². The standard InChI is InChI=1S/14La. The Morgan fingerprint density at radius 3 is 0.0714 bits per heavy atom. The molecule has 0 aromatic heterocycles. The summed E-state index contributed by atoms with van der Waals surface area (Å²) in [6.45, 7) is 0. The molecule has 0 aliphatic heterocycles. The molecule has 0 unspecified atom stereocenters. The van der Waals surface area contributed by atoms with Gasteiger partial charge in [0.05, 0.1) is 0 Å². The molecule has 0 fully saturated rings. The Labute approximate surface area is 479 Å². The van der Waals surface area contributed by atoms with Gasteiger partial charge >= 0.3 is 0 Å². The average Bonchev–Trinajstić information content (AvgIpc) is 0. The van der Waals surface area contributed by atoms with Crippen molar-refractivity contribution in [1.29, 1.82) is 0 Å². The summed E-state index contributed by atoms with van der Waals surface area (Å²) in [5.41, 5.74) is 0. The van der Waals surface area contributed by atoms with Gasteiger partial charge in [0.15, 0.2) is 0 Å². The SMILES string of the molecule is [La].[La].[La].[La].[La].[La].[La].[La].[La].[La].[La].[La].[La].[La]. The first-order valence-corrected chi connectivity index (χ1v) is 0. The Hall–Kier alpha value is 16.7. The first-order chi connectivity index (χ1) is 0. The number of hydrogen-bond acceptors (Lipinski definition) is 0. The Morgan fingerprint density at radius 1 is 0.0714 bits per heavy atom. The van der Waals surface area contributed by atoms with Gasteiger partial charge in [-0.3, -0.25) is 0 Å². The van der Waals surface area contributed by atoms with Gasteiger partial charge in [-0.1, -0.05) is 0 Å². The monoisotopic (exact) mass is 1940 g/mol. The van der Waals surface area contributed by atoms with Gasteiger partial charge in [0.1, 0.15) is 0 Å². The van der Waals surface area contributed by atoms with E-state index in [2.05, 4.69) is 0 Å². The van der Waals surface area contributed by atoms with Crippen LogP contribution in [-0.4, -0.2) is 0 Å². The van der Waals surface area contributed by atoms with Gasteiger partial charge in [-0.05, 0) is 0 Å². The smallest absolute Gasteiger partial charge is 0 e. The molecular formula is La14. The molecule has 14 radical (unpaired) electrons. The van der Waals surface area contributed by atoms with Crippen LogP contribution in [-0.2, 0) is 0 Å². The van der Waals surface area contributed by atoms with E-state index in [0.717, 1.165) is 0 Å². The molecule has 0 saturated heterocycles. The summed E-state index contributed by atoms with van der Waals surface area (Å²) in [4.78, 5) is 0. The van der Waals surface area contributed by atoms with Crippen LogP contribution in [0.5, 0.6) is 0 Å². The van der Waals surface area contributed by atoms with Gasteiger partial charge in [0.2, 0.25) is 0 Å². The largest absolute Gasteiger partial charge is 0 e. The van der Waals surface area contributed by atoms with Crippen molar-refractivity contribution in [1.82, 2.24) is 0 Å². The van der Waals surface area contributed by atoms with E-state index in [1.807, 2.05) is 0 Å². The van der Waals surface area contributed by atoms with Crippen LogP contribution in [0.2, 0.25) is 0 Å². The molecule has 0 nitrogen and oxygen atoms in total. The van der Waals surface area contributed by atoms with Gasteiger partial charge in [0.25, 0.3) is 0 Å². The van der Waals surface area contributed by atoms with E-state index < -0.39 is 0 Å². The van der Waals surface area contributed by atoms with Crippen LogP contribution in [0, 0.1) is 498 Å². The van der Waals surface area contributed by atoms with E-state index in [4.69, 9.17) is 0 Å². The van der Waals surface area contributed by atoms with E-state index in [-0.39, 0.29) is 498 Å². The van der Waals surface area contributed by atoms with Crippen molar-refractivity contribution in [2.45, 2.75) is 0 Å². The van der Waals surface area contributed by atoms with E-state index in [1.165, 1.54) is 0 Å². The number of hydrogen-bond donors (Lipinski definition) is 0. The summed E-state index contributed by atoms with van der Waals surface area (Å²) in [7, 11) is 0. The molecule has 14 heteroatoms. The van der Waals surface area contributed by atoms with Gasteiger partial charge in [-0.15, -0.1) is 0 Å². The Kier molecular flexibility index (Phi) is 608. The average molecular weight is 1940 g/mol. The zero-order valence-corrected chi connectivity index (χ0v) is 58.8. The summed E-state index contributed by atoms with van der Waals surface area (Å²) in [6.07, 6.45) is 0. The maximum Gasteiger partial charge on any atom is 0 e. The van der Waals surface area contributed by atoms with Crippen LogP contribution in [0.3, 0.4) is 0 Å². The zero-order valence-electron chi connectivity index (χ0n) is 8.08. The second-order valence-corrected chi connectivity index (χ2v) is 0. The Morgan fingerprint density at radius 2 is 0.0714 bits per heavy atom. The minimum atomic E-state index is 0. The van der Waals surface area contributed by atoms with E-state index >= 15 is 0 Å². The van der Waals surface area contributed by atoms with Crippen LogP contribution in [0.15, 0.2) is 0 Å². The molecule has 0 aromatic rings. The molecule has 0 amide bonds. The van der Waals surface area contributed by atoms with E-state index in [0.29, 0.717) is 0 Å². The zero-order chi connectivity index (χ0) is 0. The third-order valence-electron chi connectivity index (χ3n) is 0. The number of rotatable bonds is 0. The summed E-state index contributed by atoms with van der Waals surface area (Å²) >= 11 is 0. The first kappa shape index (κ1) is 97.0. The molecule has 0 aliphatic carbocycles. The Balaban J connectivity index is 0. The predicted molar refractivity (Wildman–Crippen MR) is 0 cm³/mol. The van der Waals surface area contributed by atoms with Gasteiger partial charge in [0, 0.05) is 498 Å². The maximum absolute atomic E-state index is 0. The molecule has 0 atom stereocenters. The fraction of sp³-hybridized carbons (Fsp3) is 0. The van der Waals surface area contributed by atoms with E-state index in [9.17, 15) is 0 Å². The summed E-state index contributed by atoms with van der Waals surface area (Å²) in [5, 5.41) is 0. The molecular weight excluding hydrogens is 1940 g/mol. The fourth-order valence-corrected chi connectivity index (χ4v) is 0. The molecule has 0 saturated carbocycles. The molecule has 14 heavy (non-hydrogen) atoms. The summed E-state index contributed by atoms with van der Waals surface area (Å²) in [5.74, 6) is 0. The van der Waals surface area contributed by atoms with Crippen molar-refractivity contribution < 1.29 is 498 Å². The first-order valence-electron chi connectivity index (χ1n) is 0. The maximum atomic E-state index is 0. The second-order valence-electron chi connectivity index (χ2n) is 0. The minimum Gasteiger partial charge on any atom is 0 e. The quantitative estimate of drug-likeness (QED) is 0.321. The van der Waals surface area contributed by atoms with Crippen molar-refractivity contribution in [3.05, 3.63) is 0 Å². The molecule has 0 aliphatic rings. The van der Waals surface area contributed by atoms with Crippen LogP contribution in [0.1, 0.15) is 0 Å². The van der Waals surface area contributed by atoms with Gasteiger partial charge in [-0.2, -0.15) is 0 Å². The molecule has 0 rings (SSSR count). The third-order valence-corrected chi connectivity index (χ3v) is 0. The fourth-order valence-electron chi connectivity index (χ4n) is 0. The third kappa shape index (κ3) is 78.9. The van der Waals surface area contributed by atoms with E-state index in [1.54, 1.807) is 0 Å². The molecule has 0 aromatic carbocycles. The van der Waals surface area contributed by atoms with Crippen LogP contribution in [0.25, 0.3) is 0 Å². The van der Waals surface area contributed by atoms with Gasteiger partial charge < -0.3 is 0 Å². The summed E-state index contributed by atoms with van der Waals surface area (Å²) < 4.78 is 0. The summed E-state index contributed by atoms with van der Waals surface area (Å²) in [6, 6.07) is 0. The normalized spacial score (nSPS) is 0. The van der Waals surface area contributed by atoms with Crippen molar-refractivity contribution in [2.75, 3.05) is 0 Å². The van der Waals surface area contributed by atoms with Crippen LogP contribution < -0.4 is 0 Å². The molecule has 0 bridgehead atoms. The molecule has 0 heterocycles. The van der Waals surface area contributed by atoms with Crippen molar-refractivity contribution in [3.8, 4) is 0 Å². The topological polar surface area (TPSA) is 0 Å². The van der Waals surface area contributed by atoms with Crippen LogP contribution >= 0.6 is 0 Å². The van der Waals surface area contributed by atoms with Crippen molar-refractivity contribution in [2.24, 2.45) is 0 Å². The molecule has 0 spiro atoms. The Bertz CT molecular complexity index is 0. The molecule has 0 N–H and O–H groups in total. The van der Waals surface area contributed by atoms with Crippen LogP contribution in [0.4, 0.5) is 0 Å². The minimum absolute atomic E-state index is 0. The second kappa shape index (κ2) is 87.7.